The van der Waals surface area contributed by atoms with E-state index in [0.29, 0.717) is 17.8 Å². The van der Waals surface area contributed by atoms with E-state index in [1.54, 1.807) is 10.9 Å². The number of nitrogens with one attached hydrogen (secondary N) is 1. The summed E-state index contributed by atoms with van der Waals surface area (Å²) in [6.45, 7) is 8.78. The first-order valence-electron chi connectivity index (χ1n) is 10.1. The Bertz CT molecular complexity index is 938. The molecule has 0 aliphatic carbocycles. The second-order valence-corrected chi connectivity index (χ2v) is 8.14. The van der Waals surface area contributed by atoms with Crippen LogP contribution in [0.4, 0.5) is 0 Å². The number of aromatic nitrogens is 2. The third kappa shape index (κ3) is 4.40. The molecule has 0 spiro atoms. The zero-order chi connectivity index (χ0) is 21.0. The van der Waals surface area contributed by atoms with Gasteiger partial charge in [-0.25, -0.2) is 4.68 Å². The molecule has 5 heteroatoms. The van der Waals surface area contributed by atoms with Gasteiger partial charge in [-0.15, -0.1) is 0 Å². The molecule has 1 aromatic heterocycles. The largest absolute Gasteiger partial charge is 0.350 e. The van der Waals surface area contributed by atoms with Crippen molar-refractivity contribution in [2.24, 2.45) is 17.6 Å². The Balaban J connectivity index is 1.95. The van der Waals surface area contributed by atoms with Crippen molar-refractivity contribution in [2.45, 2.75) is 33.2 Å². The lowest BCUT2D eigenvalue weighted by molar-refractivity contribution is 0.0926. The highest BCUT2D eigenvalue weighted by atomic mass is 16.1. The molecular formula is C24H30N4O. The van der Waals surface area contributed by atoms with Crippen LogP contribution in [-0.2, 0) is 0 Å². The summed E-state index contributed by atoms with van der Waals surface area (Å²) in [5.74, 6) is 0.314. The van der Waals surface area contributed by atoms with Gasteiger partial charge in [0.1, 0.15) is 5.69 Å². The van der Waals surface area contributed by atoms with Crippen LogP contribution in [0.1, 0.15) is 38.1 Å². The highest BCUT2D eigenvalue weighted by Gasteiger charge is 2.33. The molecule has 3 N–H and O–H groups in total. The maximum Gasteiger partial charge on any atom is 0.255 e. The number of hydrogen-bond donors (Lipinski definition) is 2. The number of nitrogens with zero attached hydrogens (tertiary/aromatic N) is 2. The molecule has 5 nitrogen and oxygen atoms in total. The molecule has 152 valence electrons. The average molecular weight is 391 g/mol. The lowest BCUT2D eigenvalue weighted by Crippen LogP contribution is -2.57. The van der Waals surface area contributed by atoms with Crippen LogP contribution >= 0.6 is 0 Å². The number of rotatable bonds is 7. The molecule has 0 unspecified atom stereocenters. The van der Waals surface area contributed by atoms with Gasteiger partial charge in [-0.1, -0.05) is 76.2 Å². The van der Waals surface area contributed by atoms with E-state index in [1.807, 2.05) is 60.7 Å². The van der Waals surface area contributed by atoms with Gasteiger partial charge in [0.05, 0.1) is 11.3 Å². The second-order valence-electron chi connectivity index (χ2n) is 8.14. The molecule has 0 aliphatic rings. The maximum absolute atomic E-state index is 13.2. The van der Waals surface area contributed by atoms with E-state index in [9.17, 15) is 4.79 Å². The standard InChI is InChI=1S/C24H30N4O/c1-17(2)24(25,18(3)4)16-26-23(29)21-15-28(20-13-9-6-10-14-20)27-22(21)19-11-7-5-8-12-19/h5-15,17-18H,16,25H2,1-4H3,(H,26,29). The first kappa shape index (κ1) is 20.8. The minimum atomic E-state index is -0.474. The Kier molecular flexibility index (Phi) is 6.18. The summed E-state index contributed by atoms with van der Waals surface area (Å²) in [6, 6.07) is 19.6. The van der Waals surface area contributed by atoms with Crippen LogP contribution < -0.4 is 11.1 Å². The molecule has 0 saturated heterocycles. The van der Waals surface area contributed by atoms with Gasteiger partial charge in [0.25, 0.3) is 5.91 Å². The topological polar surface area (TPSA) is 72.9 Å². The zero-order valence-electron chi connectivity index (χ0n) is 17.6. The number of carbonyl (C=O) groups excluding carboxylic acids is 1. The molecule has 29 heavy (non-hydrogen) atoms. The predicted octanol–water partition coefficient (Wildman–Crippen LogP) is 4.28. The third-order valence-electron chi connectivity index (χ3n) is 5.73. The van der Waals surface area contributed by atoms with Crippen molar-refractivity contribution < 1.29 is 4.79 Å². The van der Waals surface area contributed by atoms with Crippen LogP contribution in [0.5, 0.6) is 0 Å². The molecule has 0 atom stereocenters. The first-order valence-corrected chi connectivity index (χ1v) is 10.1. The number of carbonyl (C=O) groups is 1. The molecular weight excluding hydrogens is 360 g/mol. The van der Waals surface area contributed by atoms with Gasteiger partial charge in [0.15, 0.2) is 0 Å². The Morgan fingerprint density at radius 2 is 1.55 bits per heavy atom. The Morgan fingerprint density at radius 3 is 2.10 bits per heavy atom. The van der Waals surface area contributed by atoms with E-state index in [0.717, 1.165) is 11.3 Å². The molecule has 0 aliphatic heterocycles. The molecule has 0 radical (unpaired) electrons. The minimum absolute atomic E-state index is 0.165. The van der Waals surface area contributed by atoms with Crippen LogP contribution in [0.3, 0.4) is 0 Å². The quantitative estimate of drug-likeness (QED) is 0.632. The molecule has 0 saturated carbocycles. The Morgan fingerprint density at radius 1 is 1.00 bits per heavy atom. The molecule has 0 bridgehead atoms. The molecule has 3 rings (SSSR count). The number of benzene rings is 2. The monoisotopic (exact) mass is 390 g/mol. The van der Waals surface area contributed by atoms with Crippen LogP contribution in [0, 0.1) is 11.8 Å². The van der Waals surface area contributed by atoms with E-state index in [4.69, 9.17) is 10.8 Å². The smallest absolute Gasteiger partial charge is 0.255 e. The van der Waals surface area contributed by atoms with Crippen molar-refractivity contribution >= 4 is 5.91 Å². The lowest BCUT2D eigenvalue weighted by atomic mass is 9.78. The van der Waals surface area contributed by atoms with Crippen molar-refractivity contribution in [2.75, 3.05) is 6.54 Å². The van der Waals surface area contributed by atoms with Crippen LogP contribution in [-0.4, -0.2) is 27.8 Å². The van der Waals surface area contributed by atoms with E-state index in [1.165, 1.54) is 0 Å². The molecule has 1 heterocycles. The van der Waals surface area contributed by atoms with Crippen molar-refractivity contribution in [3.05, 3.63) is 72.4 Å². The molecule has 1 amide bonds. The fourth-order valence-corrected chi connectivity index (χ4v) is 3.47. The first-order chi connectivity index (χ1) is 13.8. The third-order valence-corrected chi connectivity index (χ3v) is 5.73. The van der Waals surface area contributed by atoms with E-state index < -0.39 is 5.54 Å². The number of hydrogen-bond acceptors (Lipinski definition) is 3. The lowest BCUT2D eigenvalue weighted by Gasteiger charge is -2.37. The molecule has 2 aromatic carbocycles. The Hall–Kier alpha value is -2.92. The average Bonchev–Trinajstić information content (AvgIpc) is 3.18. The predicted molar refractivity (Wildman–Crippen MR) is 118 cm³/mol. The molecule has 3 aromatic rings. The van der Waals surface area contributed by atoms with Gasteiger partial charge in [0, 0.05) is 23.8 Å². The summed E-state index contributed by atoms with van der Waals surface area (Å²) in [7, 11) is 0. The summed E-state index contributed by atoms with van der Waals surface area (Å²) in [4.78, 5) is 13.2. The van der Waals surface area contributed by atoms with Crippen LogP contribution in [0.15, 0.2) is 66.9 Å². The van der Waals surface area contributed by atoms with Gasteiger partial charge in [-0.3, -0.25) is 4.79 Å². The van der Waals surface area contributed by atoms with Crippen molar-refractivity contribution in [1.82, 2.24) is 15.1 Å². The highest BCUT2D eigenvalue weighted by molar-refractivity contribution is 6.00. The van der Waals surface area contributed by atoms with Crippen molar-refractivity contribution in [3.8, 4) is 16.9 Å². The van der Waals surface area contributed by atoms with Crippen LogP contribution in [0.2, 0.25) is 0 Å². The number of para-hydroxylation sites is 1. The fourth-order valence-electron chi connectivity index (χ4n) is 3.47. The minimum Gasteiger partial charge on any atom is -0.350 e. The van der Waals surface area contributed by atoms with E-state index >= 15 is 0 Å². The fraction of sp³-hybridized carbons (Fsp3) is 0.333. The number of nitrogens with two attached hydrogens (primary N) is 1. The number of amides is 1. The van der Waals surface area contributed by atoms with Crippen LogP contribution in [0.25, 0.3) is 16.9 Å². The summed E-state index contributed by atoms with van der Waals surface area (Å²) in [5.41, 5.74) is 9.14. The maximum atomic E-state index is 13.2. The molecule has 0 fully saturated rings. The highest BCUT2D eigenvalue weighted by Crippen LogP contribution is 2.25. The summed E-state index contributed by atoms with van der Waals surface area (Å²) in [6.07, 6.45) is 1.79. The SMILES string of the molecule is CC(C)C(N)(CNC(=O)c1cn(-c2ccccc2)nc1-c1ccccc1)C(C)C. The van der Waals surface area contributed by atoms with Gasteiger partial charge >= 0.3 is 0 Å². The normalized spacial score (nSPS) is 11.8. The van der Waals surface area contributed by atoms with E-state index in [-0.39, 0.29) is 17.7 Å². The van der Waals surface area contributed by atoms with E-state index in [2.05, 4.69) is 33.0 Å². The second kappa shape index (κ2) is 8.62. The summed E-state index contributed by atoms with van der Waals surface area (Å²) >= 11 is 0. The Labute approximate surface area is 172 Å². The van der Waals surface area contributed by atoms with Gasteiger partial charge < -0.3 is 11.1 Å². The van der Waals surface area contributed by atoms with Gasteiger partial charge in [-0.2, -0.15) is 5.10 Å². The summed E-state index contributed by atoms with van der Waals surface area (Å²) in [5, 5.41) is 7.77. The van der Waals surface area contributed by atoms with Gasteiger partial charge in [0.2, 0.25) is 0 Å². The van der Waals surface area contributed by atoms with Gasteiger partial charge in [-0.05, 0) is 24.0 Å². The van der Waals surface area contributed by atoms with Crippen molar-refractivity contribution in [1.29, 1.82) is 0 Å². The zero-order valence-corrected chi connectivity index (χ0v) is 17.6. The van der Waals surface area contributed by atoms with Crippen molar-refractivity contribution in [3.63, 3.8) is 0 Å². The summed E-state index contributed by atoms with van der Waals surface area (Å²) < 4.78 is 1.75.